The van der Waals surface area contributed by atoms with Crippen molar-refractivity contribution in [3.63, 3.8) is 0 Å². The van der Waals surface area contributed by atoms with Gasteiger partial charge in [-0.05, 0) is 67.2 Å². The molecular weight excluding hydrogens is 555 g/mol. The van der Waals surface area contributed by atoms with Crippen LogP contribution < -0.4 is 15.4 Å². The summed E-state index contributed by atoms with van der Waals surface area (Å²) in [5, 5.41) is 6.79. The van der Waals surface area contributed by atoms with Gasteiger partial charge in [-0.2, -0.15) is 0 Å². The molecule has 4 rings (SSSR count). The molecule has 0 aliphatic rings. The molecule has 3 N–H and O–H groups in total. The minimum absolute atomic E-state index is 0.0791. The van der Waals surface area contributed by atoms with Gasteiger partial charge in [0.15, 0.2) is 5.11 Å². The molecule has 0 aliphatic heterocycles. The second-order valence-electron chi connectivity index (χ2n) is 8.24. The van der Waals surface area contributed by atoms with Crippen molar-refractivity contribution >= 4 is 61.3 Å². The monoisotopic (exact) mass is 579 g/mol. The van der Waals surface area contributed by atoms with Gasteiger partial charge in [0, 0.05) is 22.5 Å². The summed E-state index contributed by atoms with van der Waals surface area (Å²) >= 11 is 6.84. The average Bonchev–Trinajstić information content (AvgIpc) is 3.31. The van der Waals surface area contributed by atoms with E-state index in [-0.39, 0.29) is 22.2 Å². The zero-order chi connectivity index (χ0) is 27.8. The number of sulfonamides is 1. The van der Waals surface area contributed by atoms with E-state index in [0.717, 1.165) is 10.4 Å². The van der Waals surface area contributed by atoms with Crippen molar-refractivity contribution in [2.75, 3.05) is 17.2 Å². The predicted octanol–water partition coefficient (Wildman–Crippen LogP) is 5.44. The molecule has 0 saturated carbocycles. The molecule has 3 aromatic carbocycles. The van der Waals surface area contributed by atoms with Gasteiger partial charge in [-0.1, -0.05) is 48.5 Å². The van der Waals surface area contributed by atoms with Crippen LogP contribution >= 0.6 is 23.6 Å². The minimum atomic E-state index is -4.07. The van der Waals surface area contributed by atoms with Crippen LogP contribution in [0, 0.1) is 0 Å². The molecule has 0 aliphatic carbocycles. The third-order valence-corrected chi connectivity index (χ3v) is 8.01. The molecule has 0 bridgehead atoms. The standard InChI is InChI=1S/C28H25N3O5S3/c1-2-36-27(33)24-18-22(17-19-9-5-3-6-10-19)38-26(24)30-28(37)29-21-13-15-23(16-14-21)39(34,35)31-25(32)20-11-7-4-8-12-20/h3-16,18H,2,17H2,1H3,(H,31,32)(H2,29,30,37). The van der Waals surface area contributed by atoms with E-state index >= 15 is 0 Å². The summed E-state index contributed by atoms with van der Waals surface area (Å²) < 4.78 is 32.6. The summed E-state index contributed by atoms with van der Waals surface area (Å²) in [7, 11) is -4.07. The first kappa shape index (κ1) is 28.0. The van der Waals surface area contributed by atoms with Crippen molar-refractivity contribution < 1.29 is 22.7 Å². The first-order valence-electron chi connectivity index (χ1n) is 11.9. The number of esters is 1. The number of rotatable bonds is 9. The van der Waals surface area contributed by atoms with E-state index in [1.807, 2.05) is 30.3 Å². The summed E-state index contributed by atoms with van der Waals surface area (Å²) in [6.45, 7) is 1.98. The quantitative estimate of drug-likeness (QED) is 0.177. The lowest BCUT2D eigenvalue weighted by Crippen LogP contribution is -2.30. The van der Waals surface area contributed by atoms with Crippen LogP contribution in [0.1, 0.15) is 38.1 Å². The summed E-state index contributed by atoms with van der Waals surface area (Å²) in [5.74, 6) is -1.17. The van der Waals surface area contributed by atoms with E-state index in [9.17, 15) is 18.0 Å². The van der Waals surface area contributed by atoms with E-state index in [1.54, 1.807) is 31.2 Å². The van der Waals surface area contributed by atoms with Crippen LogP contribution in [0.5, 0.6) is 0 Å². The summed E-state index contributed by atoms with van der Waals surface area (Å²) in [6.07, 6.45) is 0.649. The fourth-order valence-electron chi connectivity index (χ4n) is 3.59. The van der Waals surface area contributed by atoms with Crippen molar-refractivity contribution in [2.45, 2.75) is 18.2 Å². The highest BCUT2D eigenvalue weighted by Gasteiger charge is 2.20. The Hall–Kier alpha value is -4.06. The van der Waals surface area contributed by atoms with E-state index in [2.05, 4.69) is 15.4 Å². The lowest BCUT2D eigenvalue weighted by molar-refractivity contribution is 0.0528. The van der Waals surface area contributed by atoms with Crippen LogP contribution in [0.25, 0.3) is 0 Å². The Morgan fingerprint density at radius 3 is 2.18 bits per heavy atom. The maximum atomic E-state index is 12.6. The lowest BCUT2D eigenvalue weighted by Gasteiger charge is -2.12. The molecule has 11 heteroatoms. The number of carbonyl (C=O) groups is 2. The number of nitrogens with one attached hydrogen (secondary N) is 3. The van der Waals surface area contributed by atoms with Gasteiger partial charge < -0.3 is 15.4 Å². The van der Waals surface area contributed by atoms with Crippen molar-refractivity contribution in [1.29, 1.82) is 0 Å². The second-order valence-corrected chi connectivity index (χ2v) is 11.5. The van der Waals surface area contributed by atoms with E-state index in [0.29, 0.717) is 22.7 Å². The molecule has 0 unspecified atom stereocenters. The highest BCUT2D eigenvalue weighted by atomic mass is 32.2. The van der Waals surface area contributed by atoms with Crippen LogP contribution in [-0.4, -0.2) is 32.0 Å². The highest BCUT2D eigenvalue weighted by molar-refractivity contribution is 7.90. The zero-order valence-corrected chi connectivity index (χ0v) is 23.3. The molecule has 39 heavy (non-hydrogen) atoms. The smallest absolute Gasteiger partial charge is 0.341 e. The normalized spacial score (nSPS) is 10.9. The molecule has 200 valence electrons. The van der Waals surface area contributed by atoms with Crippen molar-refractivity contribution in [1.82, 2.24) is 4.72 Å². The molecule has 1 heterocycles. The van der Waals surface area contributed by atoms with Gasteiger partial charge >= 0.3 is 5.97 Å². The van der Waals surface area contributed by atoms with Crippen LogP contribution in [0.2, 0.25) is 0 Å². The maximum absolute atomic E-state index is 12.6. The van der Waals surface area contributed by atoms with Gasteiger partial charge in [-0.15, -0.1) is 11.3 Å². The Bertz CT molecular complexity index is 1570. The molecule has 0 saturated heterocycles. The minimum Gasteiger partial charge on any atom is -0.462 e. The van der Waals surface area contributed by atoms with Gasteiger partial charge in [0.2, 0.25) is 0 Å². The second kappa shape index (κ2) is 12.7. The van der Waals surface area contributed by atoms with E-state index in [4.69, 9.17) is 17.0 Å². The summed E-state index contributed by atoms with van der Waals surface area (Å²) in [4.78, 5) is 25.7. The van der Waals surface area contributed by atoms with Crippen LogP contribution in [0.3, 0.4) is 0 Å². The van der Waals surface area contributed by atoms with Crippen molar-refractivity contribution in [2.24, 2.45) is 0 Å². The fourth-order valence-corrected chi connectivity index (χ4v) is 5.93. The predicted molar refractivity (Wildman–Crippen MR) is 157 cm³/mol. The van der Waals surface area contributed by atoms with Crippen molar-refractivity contribution in [3.8, 4) is 0 Å². The molecule has 0 spiro atoms. The number of carbonyl (C=O) groups excluding carboxylic acids is 2. The average molecular weight is 580 g/mol. The van der Waals surface area contributed by atoms with Crippen LogP contribution in [0.4, 0.5) is 10.7 Å². The number of hydrogen-bond donors (Lipinski definition) is 3. The third kappa shape index (κ3) is 7.50. The molecular formula is C28H25N3O5S3. The van der Waals surface area contributed by atoms with Gasteiger partial charge in [0.25, 0.3) is 15.9 Å². The number of amides is 1. The number of thiocarbonyl (C=S) groups is 1. The van der Waals surface area contributed by atoms with Crippen molar-refractivity contribution in [3.05, 3.63) is 113 Å². The number of ether oxygens (including phenoxy) is 1. The molecule has 1 amide bonds. The van der Waals surface area contributed by atoms with Gasteiger partial charge in [-0.3, -0.25) is 4.79 Å². The van der Waals surface area contributed by atoms with Crippen LogP contribution in [-0.2, 0) is 21.2 Å². The Kier molecular flexibility index (Phi) is 9.07. The van der Waals surface area contributed by atoms with Gasteiger partial charge in [0.05, 0.1) is 17.1 Å². The lowest BCUT2D eigenvalue weighted by atomic mass is 10.1. The third-order valence-electron chi connectivity index (χ3n) is 5.41. The molecule has 0 radical (unpaired) electrons. The SMILES string of the molecule is CCOC(=O)c1cc(Cc2ccccc2)sc1NC(=S)Nc1ccc(S(=O)(=O)NC(=O)c2ccccc2)cc1. The zero-order valence-electron chi connectivity index (χ0n) is 20.8. The first-order chi connectivity index (χ1) is 18.7. The molecule has 4 aromatic rings. The summed E-state index contributed by atoms with van der Waals surface area (Å²) in [5.41, 5.74) is 2.24. The van der Waals surface area contributed by atoms with Gasteiger partial charge in [0.1, 0.15) is 5.00 Å². The Labute approximate surface area is 236 Å². The largest absolute Gasteiger partial charge is 0.462 e. The number of anilines is 2. The molecule has 0 fully saturated rings. The fraction of sp³-hybridized carbons (Fsp3) is 0.107. The highest BCUT2D eigenvalue weighted by Crippen LogP contribution is 2.31. The molecule has 0 atom stereocenters. The number of hydrogen-bond acceptors (Lipinski definition) is 7. The van der Waals surface area contributed by atoms with E-state index in [1.165, 1.54) is 47.7 Å². The Balaban J connectivity index is 1.43. The number of thiophene rings is 1. The Morgan fingerprint density at radius 2 is 1.54 bits per heavy atom. The molecule has 1 aromatic heterocycles. The Morgan fingerprint density at radius 1 is 0.897 bits per heavy atom. The number of benzene rings is 3. The van der Waals surface area contributed by atoms with Crippen LogP contribution in [0.15, 0.2) is 95.9 Å². The topological polar surface area (TPSA) is 114 Å². The van der Waals surface area contributed by atoms with Gasteiger partial charge in [-0.25, -0.2) is 17.9 Å². The first-order valence-corrected chi connectivity index (χ1v) is 14.6. The maximum Gasteiger partial charge on any atom is 0.341 e. The van der Waals surface area contributed by atoms with E-state index < -0.39 is 21.9 Å². The molecule has 8 nitrogen and oxygen atoms in total. The summed E-state index contributed by atoms with van der Waals surface area (Å²) in [6, 6.07) is 25.5.